The molecule has 12 heteroatoms. The monoisotopic (exact) mass is 644 g/mol. The first-order valence-corrected chi connectivity index (χ1v) is 16.7. The minimum atomic E-state index is -4.17. The molecule has 0 bridgehead atoms. The quantitative estimate of drug-likeness (QED) is 0.0858. The molecule has 1 heterocycles. The lowest BCUT2D eigenvalue weighted by Crippen LogP contribution is -2.34. The Labute approximate surface area is 265 Å². The van der Waals surface area contributed by atoms with Gasteiger partial charge in [-0.3, -0.25) is 14.2 Å². The fourth-order valence-electron chi connectivity index (χ4n) is 5.50. The molecule has 0 radical (unpaired) electrons. The highest BCUT2D eigenvalue weighted by Gasteiger charge is 2.39. The number of benzene rings is 1. The minimum absolute atomic E-state index is 0.0100. The van der Waals surface area contributed by atoms with E-state index in [1.165, 1.54) is 24.3 Å². The summed E-state index contributed by atoms with van der Waals surface area (Å²) in [6.07, 6.45) is 7.28. The molecule has 0 amide bonds. The molecule has 0 aliphatic heterocycles. The van der Waals surface area contributed by atoms with Crippen LogP contribution < -0.4 is 9.64 Å². The number of carbonyl (C=O) groups is 2. The molecule has 3 rings (SSSR count). The molecule has 45 heavy (non-hydrogen) atoms. The topological polar surface area (TPSA) is 149 Å². The Kier molecular flexibility index (Phi) is 13.0. The summed E-state index contributed by atoms with van der Waals surface area (Å²) >= 11 is 0. The normalized spacial score (nSPS) is 19.8. The van der Waals surface area contributed by atoms with Crippen LogP contribution >= 0.6 is 0 Å². The van der Waals surface area contributed by atoms with E-state index in [0.29, 0.717) is 25.2 Å². The smallest absolute Gasteiger partial charge is 0.414 e. The number of hydrogen-bond acceptors (Lipinski definition) is 10. The van der Waals surface area contributed by atoms with Gasteiger partial charge in [-0.05, 0) is 91.7 Å². The number of hydrogen-bond donors (Lipinski definition) is 0. The van der Waals surface area contributed by atoms with E-state index in [-0.39, 0.29) is 53.8 Å². The third-order valence-corrected chi connectivity index (χ3v) is 10.1. The van der Waals surface area contributed by atoms with Gasteiger partial charge in [0.05, 0.1) is 36.1 Å². The molecule has 11 nitrogen and oxygen atoms in total. The molecule has 0 spiro atoms. The van der Waals surface area contributed by atoms with Crippen molar-refractivity contribution >= 4 is 21.8 Å². The summed E-state index contributed by atoms with van der Waals surface area (Å²) in [7, 11) is -4.17. The minimum Gasteiger partial charge on any atom is -0.466 e. The second kappa shape index (κ2) is 16.4. The maximum absolute atomic E-state index is 12.8. The van der Waals surface area contributed by atoms with E-state index in [2.05, 4.69) is 36.4 Å². The summed E-state index contributed by atoms with van der Waals surface area (Å²) in [6, 6.07) is 7.45. The van der Waals surface area contributed by atoms with Crippen LogP contribution in [0.5, 0.6) is 5.88 Å². The van der Waals surface area contributed by atoms with Crippen LogP contribution in [0.2, 0.25) is 0 Å². The van der Waals surface area contributed by atoms with Crippen LogP contribution in [-0.4, -0.2) is 45.3 Å². The Balaban J connectivity index is 1.26. The molecular formula is C33H44N2O9S. The van der Waals surface area contributed by atoms with Gasteiger partial charge >= 0.3 is 22.8 Å². The third-order valence-electron chi connectivity index (χ3n) is 8.33. The van der Waals surface area contributed by atoms with E-state index in [0.717, 1.165) is 36.8 Å². The molecule has 1 aromatic heterocycles. The van der Waals surface area contributed by atoms with Crippen molar-refractivity contribution in [3.63, 3.8) is 0 Å². The van der Waals surface area contributed by atoms with Crippen LogP contribution in [0.3, 0.4) is 0 Å². The second-order valence-corrected chi connectivity index (χ2v) is 13.6. The van der Waals surface area contributed by atoms with Crippen molar-refractivity contribution in [1.29, 1.82) is 0 Å². The molecule has 0 N–H and O–H groups in total. The molecule has 3 atom stereocenters. The molecular weight excluding hydrogens is 600 g/mol. The van der Waals surface area contributed by atoms with E-state index in [1.54, 1.807) is 6.07 Å². The molecule has 0 unspecified atom stereocenters. The summed E-state index contributed by atoms with van der Waals surface area (Å²) in [4.78, 5) is 24.0. The maximum atomic E-state index is 12.8. The van der Waals surface area contributed by atoms with Gasteiger partial charge in [-0.15, -0.1) is 6.58 Å². The second-order valence-electron chi connectivity index (χ2n) is 11.7. The van der Waals surface area contributed by atoms with E-state index < -0.39 is 32.7 Å². The van der Waals surface area contributed by atoms with Crippen LogP contribution in [0.15, 0.2) is 81.8 Å². The highest BCUT2D eigenvalue weighted by atomic mass is 32.2. The average Bonchev–Trinajstić information content (AvgIpc) is 3.41. The summed E-state index contributed by atoms with van der Waals surface area (Å²) < 4.78 is 46.0. The lowest BCUT2D eigenvalue weighted by molar-refractivity contribution is -0.832. The maximum Gasteiger partial charge on any atom is 0.414 e. The van der Waals surface area contributed by atoms with Gasteiger partial charge in [0.15, 0.2) is 0 Å². The number of nitrogens with zero attached hydrogens (tertiary/aromatic N) is 2. The van der Waals surface area contributed by atoms with Crippen molar-refractivity contribution in [2.45, 2.75) is 81.6 Å². The van der Waals surface area contributed by atoms with Crippen molar-refractivity contribution in [3.05, 3.63) is 72.5 Å². The van der Waals surface area contributed by atoms with E-state index in [1.807, 2.05) is 13.0 Å². The van der Waals surface area contributed by atoms with Gasteiger partial charge in [0, 0.05) is 0 Å². The van der Waals surface area contributed by atoms with Crippen LogP contribution in [0.4, 0.5) is 0 Å². The lowest BCUT2D eigenvalue weighted by atomic mass is 9.61. The highest BCUT2D eigenvalue weighted by Crippen LogP contribution is 2.48. The van der Waals surface area contributed by atoms with E-state index >= 15 is 0 Å². The molecule has 1 saturated carbocycles. The Hall–Kier alpha value is -3.93. The standard InChI is InChI=1S/C33H44N2O9S/c1-6-33(5)19-18-26(22-28(33)24(2)3)25(4)23-43-30(37)17-16-29(36)41-20-12-7-8-13-21-42-31-32(35(38)44-34-31)45(39,40)27-14-10-9-11-15-27/h6,9-11,14-15,26,28H,1-2,4,7-8,12-13,16-23H2,3,5H3/t26-,28+,33-/m1/s1. The predicted octanol–water partition coefficient (Wildman–Crippen LogP) is 5.69. The molecule has 1 aromatic carbocycles. The first-order valence-electron chi connectivity index (χ1n) is 15.2. The predicted molar refractivity (Wildman–Crippen MR) is 166 cm³/mol. The van der Waals surface area contributed by atoms with Gasteiger partial charge in [-0.25, -0.2) is 8.42 Å². The van der Waals surface area contributed by atoms with Gasteiger partial charge in [0.1, 0.15) is 6.61 Å². The summed E-state index contributed by atoms with van der Waals surface area (Å²) in [6.45, 7) is 17.0. The van der Waals surface area contributed by atoms with Gasteiger partial charge in [0.2, 0.25) is 0 Å². The number of carbonyl (C=O) groups excluding carboxylic acids is 2. The first kappa shape index (κ1) is 35.5. The van der Waals surface area contributed by atoms with Gasteiger partial charge in [0.25, 0.3) is 9.84 Å². The van der Waals surface area contributed by atoms with Crippen molar-refractivity contribution in [3.8, 4) is 5.88 Å². The van der Waals surface area contributed by atoms with Crippen molar-refractivity contribution in [2.75, 3.05) is 19.8 Å². The third kappa shape index (κ3) is 9.78. The number of ether oxygens (including phenoxy) is 3. The number of aromatic nitrogens is 2. The SMILES string of the molecule is C=C[C@]1(C)CC[C@@H](C(=C)COC(=O)CCC(=O)OCCCCCCOc2no[n+]([O-])c2S(=O)(=O)c2ccccc2)C[C@H]1C(=C)C. The van der Waals surface area contributed by atoms with Crippen molar-refractivity contribution < 1.29 is 41.7 Å². The van der Waals surface area contributed by atoms with Gasteiger partial charge in [-0.1, -0.05) is 49.9 Å². The van der Waals surface area contributed by atoms with E-state index in [4.69, 9.17) is 14.2 Å². The van der Waals surface area contributed by atoms with Crippen LogP contribution in [-0.2, 0) is 28.9 Å². The molecule has 246 valence electrons. The van der Waals surface area contributed by atoms with E-state index in [9.17, 15) is 23.2 Å². The summed E-state index contributed by atoms with van der Waals surface area (Å²) in [5.41, 5.74) is 2.01. The Bertz CT molecular complexity index is 1450. The number of esters is 2. The molecule has 1 aliphatic carbocycles. The number of unbranched alkanes of at least 4 members (excludes halogenated alkanes) is 3. The molecule has 1 aliphatic rings. The zero-order valence-electron chi connectivity index (χ0n) is 26.2. The lowest BCUT2D eigenvalue weighted by Gasteiger charge is -2.43. The fraction of sp³-hybridized carbons (Fsp3) is 0.515. The molecule has 1 fully saturated rings. The van der Waals surface area contributed by atoms with Crippen molar-refractivity contribution in [2.24, 2.45) is 17.3 Å². The zero-order valence-corrected chi connectivity index (χ0v) is 27.0. The zero-order chi connectivity index (χ0) is 33.0. The highest BCUT2D eigenvalue weighted by molar-refractivity contribution is 7.91. The number of allylic oxidation sites excluding steroid dienone is 2. The van der Waals surface area contributed by atoms with Gasteiger partial charge in [-0.2, -0.15) is 0 Å². The average molecular weight is 645 g/mol. The van der Waals surface area contributed by atoms with Crippen LogP contribution in [0, 0.1) is 22.5 Å². The van der Waals surface area contributed by atoms with Crippen molar-refractivity contribution in [1.82, 2.24) is 5.16 Å². The Morgan fingerprint density at radius 3 is 2.38 bits per heavy atom. The number of rotatable bonds is 18. The molecule has 0 saturated heterocycles. The summed E-state index contributed by atoms with van der Waals surface area (Å²) in [5.74, 6) is -0.795. The Morgan fingerprint density at radius 2 is 1.73 bits per heavy atom. The van der Waals surface area contributed by atoms with Crippen LogP contribution in [0.25, 0.3) is 0 Å². The fourth-order valence-corrected chi connectivity index (χ4v) is 6.80. The Morgan fingerprint density at radius 1 is 1.09 bits per heavy atom. The number of sulfone groups is 1. The molecule has 2 aromatic rings. The first-order chi connectivity index (χ1) is 21.4. The largest absolute Gasteiger partial charge is 0.466 e. The van der Waals surface area contributed by atoms with Gasteiger partial charge < -0.3 is 19.4 Å². The van der Waals surface area contributed by atoms with Crippen LogP contribution in [0.1, 0.15) is 71.6 Å². The summed E-state index contributed by atoms with van der Waals surface area (Å²) in [5, 5.41) is 14.7.